The maximum absolute atomic E-state index is 11.1. The molecule has 0 fully saturated rings. The molecular weight excluding hydrogens is 268 g/mol. The molecule has 1 aromatic heterocycles. The molecule has 1 heterocycles. The summed E-state index contributed by atoms with van der Waals surface area (Å²) in [5.41, 5.74) is -0.136. The quantitative estimate of drug-likeness (QED) is 0.753. The summed E-state index contributed by atoms with van der Waals surface area (Å²) in [6, 6.07) is 1.86. The summed E-state index contributed by atoms with van der Waals surface area (Å²) in [5.74, 6) is 2.05. The summed E-state index contributed by atoms with van der Waals surface area (Å²) >= 11 is 0. The van der Waals surface area contributed by atoms with Crippen LogP contribution in [0.2, 0.25) is 0 Å². The number of nitrogens with zero attached hydrogens (tertiary/aromatic N) is 2. The summed E-state index contributed by atoms with van der Waals surface area (Å²) in [6.45, 7) is 9.68. The highest BCUT2D eigenvalue weighted by Crippen LogP contribution is 2.22. The van der Waals surface area contributed by atoms with E-state index < -0.39 is 0 Å². The van der Waals surface area contributed by atoms with Crippen molar-refractivity contribution in [1.29, 1.82) is 0 Å². The highest BCUT2D eigenvalue weighted by atomic mass is 16.5. The van der Waals surface area contributed by atoms with Gasteiger partial charge in [-0.1, -0.05) is 27.7 Å². The Labute approximate surface area is 126 Å². The average molecular weight is 294 g/mol. The van der Waals surface area contributed by atoms with Crippen LogP contribution < -0.4 is 10.6 Å². The number of methoxy groups -OCH3 is 1. The number of anilines is 2. The van der Waals surface area contributed by atoms with Crippen LogP contribution in [-0.4, -0.2) is 36.1 Å². The molecule has 0 aromatic carbocycles. The van der Waals surface area contributed by atoms with Crippen molar-refractivity contribution in [1.82, 2.24) is 9.97 Å². The highest BCUT2D eigenvalue weighted by Gasteiger charge is 2.19. The van der Waals surface area contributed by atoms with Crippen molar-refractivity contribution < 1.29 is 9.53 Å². The normalized spacial score (nSPS) is 11.1. The smallest absolute Gasteiger partial charge is 0.307 e. The van der Waals surface area contributed by atoms with Crippen LogP contribution in [0.1, 0.15) is 46.4 Å². The van der Waals surface area contributed by atoms with E-state index in [9.17, 15) is 4.79 Å². The Morgan fingerprint density at radius 1 is 1.19 bits per heavy atom. The fourth-order valence-corrected chi connectivity index (χ4v) is 1.61. The van der Waals surface area contributed by atoms with E-state index in [1.807, 2.05) is 6.07 Å². The number of aromatic nitrogens is 2. The van der Waals surface area contributed by atoms with Gasteiger partial charge in [-0.2, -0.15) is 0 Å². The first-order valence-corrected chi connectivity index (χ1v) is 7.31. The Morgan fingerprint density at radius 2 is 1.76 bits per heavy atom. The number of nitrogens with one attached hydrogen (secondary N) is 2. The zero-order chi connectivity index (χ0) is 15.9. The number of carbonyl (C=O) groups excluding carboxylic acids is 1. The molecule has 0 amide bonds. The summed E-state index contributed by atoms with van der Waals surface area (Å²) in [4.78, 5) is 20.2. The first-order chi connectivity index (χ1) is 9.86. The van der Waals surface area contributed by atoms with Crippen molar-refractivity contribution in [2.45, 2.75) is 46.0 Å². The molecule has 0 bridgehead atoms. The summed E-state index contributed by atoms with van der Waals surface area (Å²) < 4.78 is 4.62. The van der Waals surface area contributed by atoms with E-state index >= 15 is 0 Å². The van der Waals surface area contributed by atoms with Gasteiger partial charge in [0.25, 0.3) is 0 Å². The van der Waals surface area contributed by atoms with E-state index in [0.717, 1.165) is 30.4 Å². The van der Waals surface area contributed by atoms with Crippen LogP contribution in [0, 0.1) is 0 Å². The zero-order valence-electron chi connectivity index (χ0n) is 13.6. The predicted octanol–water partition coefficient (Wildman–Crippen LogP) is 2.57. The second-order valence-electron chi connectivity index (χ2n) is 5.89. The maximum Gasteiger partial charge on any atom is 0.307 e. The third-order valence-corrected chi connectivity index (χ3v) is 2.82. The second kappa shape index (κ2) is 7.81. The van der Waals surface area contributed by atoms with Crippen LogP contribution in [0.5, 0.6) is 0 Å². The topological polar surface area (TPSA) is 76.1 Å². The van der Waals surface area contributed by atoms with Crippen molar-refractivity contribution in [3.05, 3.63) is 11.9 Å². The molecule has 6 nitrogen and oxygen atoms in total. The minimum absolute atomic E-state index is 0.136. The number of rotatable bonds is 7. The van der Waals surface area contributed by atoms with Crippen LogP contribution in [0.4, 0.5) is 11.6 Å². The lowest BCUT2D eigenvalue weighted by molar-refractivity contribution is -0.140. The molecule has 0 radical (unpaired) electrons. The van der Waals surface area contributed by atoms with Gasteiger partial charge in [-0.25, -0.2) is 9.97 Å². The summed E-state index contributed by atoms with van der Waals surface area (Å²) in [5, 5.41) is 6.42. The Kier molecular flexibility index (Phi) is 6.39. The minimum Gasteiger partial charge on any atom is -0.469 e. The number of hydrogen-bond acceptors (Lipinski definition) is 6. The van der Waals surface area contributed by atoms with Gasteiger partial charge in [0.2, 0.25) is 0 Å². The monoisotopic (exact) mass is 294 g/mol. The van der Waals surface area contributed by atoms with Crippen molar-refractivity contribution in [3.8, 4) is 0 Å². The zero-order valence-corrected chi connectivity index (χ0v) is 13.6. The van der Waals surface area contributed by atoms with Crippen LogP contribution in [-0.2, 0) is 14.9 Å². The molecular formula is C15H26N4O2. The average Bonchev–Trinajstić information content (AvgIpc) is 2.43. The molecule has 21 heavy (non-hydrogen) atoms. The lowest BCUT2D eigenvalue weighted by Gasteiger charge is -2.19. The van der Waals surface area contributed by atoms with Gasteiger partial charge in [-0.05, 0) is 6.42 Å². The predicted molar refractivity (Wildman–Crippen MR) is 84.6 cm³/mol. The molecule has 0 saturated carbocycles. The van der Waals surface area contributed by atoms with Crippen LogP contribution in [0.3, 0.4) is 0 Å². The molecule has 6 heteroatoms. The van der Waals surface area contributed by atoms with E-state index in [1.165, 1.54) is 7.11 Å². The Balaban J connectivity index is 2.83. The van der Waals surface area contributed by atoms with Crippen LogP contribution >= 0.6 is 0 Å². The Hall–Kier alpha value is -1.85. The molecule has 0 aliphatic rings. The molecule has 0 unspecified atom stereocenters. The standard InChI is InChI=1S/C15H26N4O2/c1-6-8-16-11-10-12(17-9-7-13(20)21-5)19-14(18-11)15(2,3)4/h10H,6-9H2,1-5H3,(H2,16,17,18,19). The van der Waals surface area contributed by atoms with Gasteiger partial charge in [0.1, 0.15) is 17.5 Å². The highest BCUT2D eigenvalue weighted by molar-refractivity contribution is 5.69. The van der Waals surface area contributed by atoms with Crippen molar-refractivity contribution in [2.24, 2.45) is 0 Å². The first-order valence-electron chi connectivity index (χ1n) is 7.31. The Bertz CT molecular complexity index is 469. The molecule has 0 aliphatic heterocycles. The third kappa shape index (κ3) is 5.97. The lowest BCUT2D eigenvalue weighted by atomic mass is 9.96. The van der Waals surface area contributed by atoms with E-state index in [2.05, 4.69) is 53.0 Å². The second-order valence-corrected chi connectivity index (χ2v) is 5.89. The van der Waals surface area contributed by atoms with E-state index in [1.54, 1.807) is 0 Å². The van der Waals surface area contributed by atoms with E-state index in [-0.39, 0.29) is 11.4 Å². The number of ether oxygens (including phenoxy) is 1. The molecule has 0 spiro atoms. The third-order valence-electron chi connectivity index (χ3n) is 2.82. The van der Waals surface area contributed by atoms with Crippen molar-refractivity contribution in [2.75, 3.05) is 30.8 Å². The largest absolute Gasteiger partial charge is 0.469 e. The van der Waals surface area contributed by atoms with Gasteiger partial charge < -0.3 is 15.4 Å². The molecule has 118 valence electrons. The van der Waals surface area contributed by atoms with Crippen molar-refractivity contribution >= 4 is 17.6 Å². The number of esters is 1. The molecule has 1 rings (SSSR count). The van der Waals surface area contributed by atoms with Gasteiger partial charge in [0, 0.05) is 24.6 Å². The van der Waals surface area contributed by atoms with Gasteiger partial charge in [-0.15, -0.1) is 0 Å². The fraction of sp³-hybridized carbons (Fsp3) is 0.667. The van der Waals surface area contributed by atoms with Gasteiger partial charge >= 0.3 is 5.97 Å². The molecule has 0 saturated heterocycles. The van der Waals surface area contributed by atoms with Gasteiger partial charge in [0.15, 0.2) is 0 Å². The molecule has 0 atom stereocenters. The molecule has 0 aliphatic carbocycles. The SMILES string of the molecule is CCCNc1cc(NCCC(=O)OC)nc(C(C)(C)C)n1. The van der Waals surface area contributed by atoms with Gasteiger partial charge in [0.05, 0.1) is 13.5 Å². The molecule has 2 N–H and O–H groups in total. The Morgan fingerprint density at radius 3 is 2.24 bits per heavy atom. The van der Waals surface area contributed by atoms with E-state index in [4.69, 9.17) is 0 Å². The maximum atomic E-state index is 11.1. The number of hydrogen-bond donors (Lipinski definition) is 2. The van der Waals surface area contributed by atoms with Crippen molar-refractivity contribution in [3.63, 3.8) is 0 Å². The first kappa shape index (κ1) is 17.2. The fourth-order valence-electron chi connectivity index (χ4n) is 1.61. The summed E-state index contributed by atoms with van der Waals surface area (Å²) in [6.07, 6.45) is 1.34. The van der Waals surface area contributed by atoms with Crippen LogP contribution in [0.15, 0.2) is 6.07 Å². The van der Waals surface area contributed by atoms with Gasteiger partial charge in [-0.3, -0.25) is 4.79 Å². The number of carbonyl (C=O) groups is 1. The van der Waals surface area contributed by atoms with Crippen LogP contribution in [0.25, 0.3) is 0 Å². The summed E-state index contributed by atoms with van der Waals surface area (Å²) in [7, 11) is 1.39. The minimum atomic E-state index is -0.239. The molecule has 1 aromatic rings. The van der Waals surface area contributed by atoms with E-state index in [0.29, 0.717) is 13.0 Å². The lowest BCUT2D eigenvalue weighted by Crippen LogP contribution is -2.19.